The van der Waals surface area contributed by atoms with E-state index in [1.54, 1.807) is 14.2 Å². The lowest BCUT2D eigenvalue weighted by Crippen LogP contribution is -2.12. The van der Waals surface area contributed by atoms with Crippen molar-refractivity contribution in [2.75, 3.05) is 43.6 Å². The summed E-state index contributed by atoms with van der Waals surface area (Å²) in [6.07, 6.45) is 0. The van der Waals surface area contributed by atoms with E-state index >= 15 is 0 Å². The van der Waals surface area contributed by atoms with Crippen molar-refractivity contribution in [3.63, 3.8) is 0 Å². The second-order valence-electron chi connectivity index (χ2n) is 2.50. The summed E-state index contributed by atoms with van der Waals surface area (Å²) in [6, 6.07) is 0. The van der Waals surface area contributed by atoms with E-state index < -0.39 is 0 Å². The number of methoxy groups -OCH3 is 1. The molecule has 0 spiro atoms. The van der Waals surface area contributed by atoms with Crippen molar-refractivity contribution < 1.29 is 9.84 Å². The molecule has 0 unspecified atom stereocenters. The van der Waals surface area contributed by atoms with E-state index in [4.69, 9.17) is 9.84 Å². The van der Waals surface area contributed by atoms with E-state index in [0.29, 0.717) is 18.6 Å². The van der Waals surface area contributed by atoms with Crippen LogP contribution in [0.25, 0.3) is 0 Å². The Bertz CT molecular complexity index is 308. The Balaban J connectivity index is 2.79. The van der Waals surface area contributed by atoms with Crippen LogP contribution in [0, 0.1) is 0 Å². The minimum atomic E-state index is -0.239. The molecule has 0 bridgehead atoms. The molecule has 0 fully saturated rings. The molecule has 0 aliphatic heterocycles. The summed E-state index contributed by atoms with van der Waals surface area (Å²) in [5.74, 6) is 1.06. The van der Waals surface area contributed by atoms with Gasteiger partial charge in [0.25, 0.3) is 0 Å². The molecule has 0 amide bonds. The van der Waals surface area contributed by atoms with E-state index in [2.05, 4.69) is 30.9 Å². The number of aliphatic hydroxyl groups is 1. The van der Waals surface area contributed by atoms with Gasteiger partial charge in [0.1, 0.15) is 13.5 Å². The lowest BCUT2D eigenvalue weighted by Gasteiger charge is -2.07. The van der Waals surface area contributed by atoms with Crippen LogP contribution in [0.4, 0.5) is 17.8 Å². The summed E-state index contributed by atoms with van der Waals surface area (Å²) in [4.78, 5) is 12.0. The summed E-state index contributed by atoms with van der Waals surface area (Å²) in [7, 11) is 3.25. The van der Waals surface area contributed by atoms with Gasteiger partial charge in [0.2, 0.25) is 17.8 Å². The van der Waals surface area contributed by atoms with Crippen molar-refractivity contribution in [3.05, 3.63) is 0 Å². The van der Waals surface area contributed by atoms with Gasteiger partial charge in [-0.2, -0.15) is 15.0 Å². The van der Waals surface area contributed by atoms with Gasteiger partial charge < -0.3 is 25.8 Å². The second kappa shape index (κ2) is 5.94. The second-order valence-corrected chi connectivity index (χ2v) is 2.50. The summed E-state index contributed by atoms with van der Waals surface area (Å²) < 4.78 is 4.82. The zero-order valence-electron chi connectivity index (χ0n) is 8.61. The number of ether oxygens (including phenoxy) is 1. The van der Waals surface area contributed by atoms with Crippen LogP contribution in [0.1, 0.15) is 0 Å². The molecule has 0 aromatic carbocycles. The van der Waals surface area contributed by atoms with Gasteiger partial charge in [0.05, 0.1) is 0 Å². The zero-order valence-corrected chi connectivity index (χ0v) is 8.61. The Morgan fingerprint density at radius 1 is 1.13 bits per heavy atom. The number of aromatic nitrogens is 3. The fourth-order valence-corrected chi connectivity index (χ4v) is 0.853. The van der Waals surface area contributed by atoms with Crippen LogP contribution in [-0.2, 0) is 4.74 Å². The standard InChI is InChI=1S/C7H14N6O2/c1-8-5-11-6(9-3-14)13-7(12-5)10-4-15-2/h14H,3-4H2,1-2H3,(H3,8,9,10,11,12,13). The molecule has 1 rings (SSSR count). The molecule has 84 valence electrons. The summed E-state index contributed by atoms with van der Waals surface area (Å²) in [5, 5.41) is 16.8. The molecule has 0 atom stereocenters. The Kier molecular flexibility index (Phi) is 4.51. The highest BCUT2D eigenvalue weighted by Gasteiger charge is 2.03. The number of nitrogens with zero attached hydrogens (tertiary/aromatic N) is 3. The van der Waals surface area contributed by atoms with Crippen LogP contribution >= 0.6 is 0 Å². The topological polar surface area (TPSA) is 104 Å². The quantitative estimate of drug-likeness (QED) is 0.460. The Morgan fingerprint density at radius 3 is 2.27 bits per heavy atom. The fourth-order valence-electron chi connectivity index (χ4n) is 0.853. The minimum Gasteiger partial charge on any atom is -0.376 e. The van der Waals surface area contributed by atoms with E-state index in [1.807, 2.05) is 0 Å². The summed E-state index contributed by atoms with van der Waals surface area (Å²) in [5.41, 5.74) is 0. The normalized spacial score (nSPS) is 9.80. The largest absolute Gasteiger partial charge is 0.376 e. The molecule has 0 radical (unpaired) electrons. The Labute approximate surface area is 87.1 Å². The fraction of sp³-hybridized carbons (Fsp3) is 0.571. The first kappa shape index (κ1) is 11.4. The number of nitrogens with one attached hydrogen (secondary N) is 3. The maximum atomic E-state index is 8.67. The van der Waals surface area contributed by atoms with E-state index in [1.165, 1.54) is 0 Å². The summed E-state index contributed by atoms with van der Waals surface area (Å²) in [6.45, 7) is 0.0582. The van der Waals surface area contributed by atoms with Crippen molar-refractivity contribution in [3.8, 4) is 0 Å². The third-order valence-corrected chi connectivity index (χ3v) is 1.47. The van der Waals surface area contributed by atoms with Crippen molar-refractivity contribution >= 4 is 17.8 Å². The third-order valence-electron chi connectivity index (χ3n) is 1.47. The smallest absolute Gasteiger partial charge is 0.231 e. The first-order valence-corrected chi connectivity index (χ1v) is 4.31. The van der Waals surface area contributed by atoms with Crippen LogP contribution in [0.5, 0.6) is 0 Å². The molecule has 1 aromatic rings. The zero-order chi connectivity index (χ0) is 11.1. The van der Waals surface area contributed by atoms with Gasteiger partial charge in [-0.1, -0.05) is 0 Å². The molecule has 0 saturated carbocycles. The molecule has 0 saturated heterocycles. The van der Waals surface area contributed by atoms with Gasteiger partial charge in [-0.05, 0) is 0 Å². The maximum Gasteiger partial charge on any atom is 0.231 e. The Morgan fingerprint density at radius 2 is 1.73 bits per heavy atom. The Hall–Kier alpha value is -1.67. The van der Waals surface area contributed by atoms with Crippen molar-refractivity contribution in [1.29, 1.82) is 0 Å². The highest BCUT2D eigenvalue weighted by molar-refractivity contribution is 5.41. The SMILES string of the molecule is CNc1nc(NCO)nc(NCOC)n1. The molecule has 1 aromatic heterocycles. The van der Waals surface area contributed by atoms with Crippen molar-refractivity contribution in [2.45, 2.75) is 0 Å². The van der Waals surface area contributed by atoms with Crippen molar-refractivity contribution in [1.82, 2.24) is 15.0 Å². The van der Waals surface area contributed by atoms with Gasteiger partial charge in [-0.3, -0.25) is 0 Å². The molecule has 0 aliphatic rings. The van der Waals surface area contributed by atoms with Gasteiger partial charge in [0.15, 0.2) is 0 Å². The van der Waals surface area contributed by atoms with E-state index in [0.717, 1.165) is 0 Å². The molecule has 15 heavy (non-hydrogen) atoms. The van der Waals surface area contributed by atoms with E-state index in [9.17, 15) is 0 Å². The van der Waals surface area contributed by atoms with Gasteiger partial charge in [0, 0.05) is 14.2 Å². The monoisotopic (exact) mass is 214 g/mol. The van der Waals surface area contributed by atoms with Crippen molar-refractivity contribution in [2.24, 2.45) is 0 Å². The molecule has 8 heteroatoms. The highest BCUT2D eigenvalue weighted by atomic mass is 16.5. The highest BCUT2D eigenvalue weighted by Crippen LogP contribution is 2.07. The number of rotatable bonds is 6. The lowest BCUT2D eigenvalue weighted by atomic mass is 10.8. The van der Waals surface area contributed by atoms with Crippen LogP contribution in [0.3, 0.4) is 0 Å². The van der Waals surface area contributed by atoms with Crippen LogP contribution in [-0.4, -0.2) is 47.7 Å². The van der Waals surface area contributed by atoms with Gasteiger partial charge in [-0.25, -0.2) is 0 Å². The average Bonchev–Trinajstić information content (AvgIpc) is 2.26. The predicted octanol–water partition coefficient (Wildman–Crippen LogP) is -0.709. The minimum absolute atomic E-state index is 0.239. The molecule has 4 N–H and O–H groups in total. The lowest BCUT2D eigenvalue weighted by molar-refractivity contribution is 0.220. The van der Waals surface area contributed by atoms with E-state index in [-0.39, 0.29) is 12.7 Å². The number of hydrogen-bond acceptors (Lipinski definition) is 8. The average molecular weight is 214 g/mol. The molecule has 8 nitrogen and oxygen atoms in total. The third kappa shape index (κ3) is 3.52. The first-order valence-electron chi connectivity index (χ1n) is 4.31. The molecular weight excluding hydrogens is 200 g/mol. The number of aliphatic hydroxyl groups excluding tert-OH is 1. The maximum absolute atomic E-state index is 8.67. The van der Waals surface area contributed by atoms with Gasteiger partial charge >= 0.3 is 0 Å². The molecular formula is C7H14N6O2. The predicted molar refractivity (Wildman–Crippen MR) is 55.6 cm³/mol. The summed E-state index contributed by atoms with van der Waals surface area (Å²) >= 11 is 0. The van der Waals surface area contributed by atoms with Crippen LogP contribution in [0.15, 0.2) is 0 Å². The van der Waals surface area contributed by atoms with Gasteiger partial charge in [-0.15, -0.1) is 0 Å². The number of anilines is 3. The number of hydrogen-bond donors (Lipinski definition) is 4. The molecule has 1 heterocycles. The van der Waals surface area contributed by atoms with Crippen LogP contribution < -0.4 is 16.0 Å². The first-order chi connectivity index (χ1) is 7.30. The molecule has 0 aliphatic carbocycles. The van der Waals surface area contributed by atoms with Crippen LogP contribution in [0.2, 0.25) is 0 Å².